The average molecular weight is 234 g/mol. The fourth-order valence-electron chi connectivity index (χ4n) is 1.34. The third kappa shape index (κ3) is 2.22. The van der Waals surface area contributed by atoms with Gasteiger partial charge in [-0.1, -0.05) is 11.6 Å². The van der Waals surface area contributed by atoms with Crippen molar-refractivity contribution in [3.8, 4) is 11.1 Å². The van der Waals surface area contributed by atoms with Gasteiger partial charge in [-0.25, -0.2) is 4.98 Å². The third-order valence-corrected chi connectivity index (χ3v) is 2.45. The second-order valence-corrected chi connectivity index (χ2v) is 3.57. The van der Waals surface area contributed by atoms with Gasteiger partial charge in [0.15, 0.2) is 0 Å². The molecule has 2 aromatic rings. The van der Waals surface area contributed by atoms with Crippen molar-refractivity contribution in [2.75, 3.05) is 0 Å². The fourth-order valence-corrected chi connectivity index (χ4v) is 1.55. The predicted molar refractivity (Wildman–Crippen MR) is 62.3 cm³/mol. The Morgan fingerprint density at radius 3 is 2.50 bits per heavy atom. The van der Waals surface area contributed by atoms with Crippen LogP contribution in [0, 0.1) is 0 Å². The van der Waals surface area contributed by atoms with E-state index in [0.29, 0.717) is 16.2 Å². The first-order valence-electron chi connectivity index (χ1n) is 4.60. The smallest absolute Gasteiger partial charge is 0.423 e. The molecule has 0 unspecified atom stereocenters. The van der Waals surface area contributed by atoms with Crippen LogP contribution in [0.5, 0.6) is 0 Å². The van der Waals surface area contributed by atoms with Gasteiger partial charge in [-0.2, -0.15) is 0 Å². The minimum absolute atomic E-state index is 0.302. The lowest BCUT2D eigenvalue weighted by atomic mass is 9.80. The van der Waals surface area contributed by atoms with E-state index >= 15 is 0 Å². The largest absolute Gasteiger partial charge is 0.490 e. The zero-order valence-electron chi connectivity index (χ0n) is 8.21. The van der Waals surface area contributed by atoms with Gasteiger partial charge in [-0.15, -0.1) is 0 Å². The molecule has 2 aromatic heterocycles. The molecule has 16 heavy (non-hydrogen) atoms. The quantitative estimate of drug-likeness (QED) is 0.586. The van der Waals surface area contributed by atoms with E-state index in [-0.39, 0.29) is 0 Å². The molecule has 0 aliphatic carbocycles. The Bertz CT molecular complexity index is 493. The van der Waals surface area contributed by atoms with Crippen molar-refractivity contribution in [3.05, 3.63) is 41.9 Å². The summed E-state index contributed by atoms with van der Waals surface area (Å²) in [7, 11) is -1.55. The molecule has 0 atom stereocenters. The molecule has 0 saturated heterocycles. The second-order valence-electron chi connectivity index (χ2n) is 3.22. The molecule has 0 radical (unpaired) electrons. The molecular formula is C10H8BClN2O2. The summed E-state index contributed by atoms with van der Waals surface area (Å²) in [5.41, 5.74) is 1.78. The van der Waals surface area contributed by atoms with Crippen LogP contribution in [-0.4, -0.2) is 27.1 Å². The van der Waals surface area contributed by atoms with Crippen LogP contribution < -0.4 is 5.46 Å². The van der Waals surface area contributed by atoms with Crippen LogP contribution in [0.3, 0.4) is 0 Å². The summed E-state index contributed by atoms with van der Waals surface area (Å²) < 4.78 is 0. The Balaban J connectivity index is 2.52. The van der Waals surface area contributed by atoms with Crippen LogP contribution in [0.25, 0.3) is 11.1 Å². The summed E-state index contributed by atoms with van der Waals surface area (Å²) in [6.45, 7) is 0. The van der Waals surface area contributed by atoms with Gasteiger partial charge in [0.05, 0.1) is 0 Å². The Kier molecular flexibility index (Phi) is 3.19. The molecule has 0 spiro atoms. The van der Waals surface area contributed by atoms with Gasteiger partial charge >= 0.3 is 7.12 Å². The first-order chi connectivity index (χ1) is 7.68. The Morgan fingerprint density at radius 1 is 1.19 bits per heavy atom. The van der Waals surface area contributed by atoms with Gasteiger partial charge < -0.3 is 10.0 Å². The van der Waals surface area contributed by atoms with E-state index in [1.54, 1.807) is 30.6 Å². The molecule has 0 amide bonds. The summed E-state index contributed by atoms with van der Waals surface area (Å²) in [6.07, 6.45) is 4.60. The maximum atomic E-state index is 9.05. The van der Waals surface area contributed by atoms with Crippen molar-refractivity contribution in [3.63, 3.8) is 0 Å². The Morgan fingerprint density at radius 2 is 1.88 bits per heavy atom. The van der Waals surface area contributed by atoms with Crippen LogP contribution in [0.4, 0.5) is 0 Å². The zero-order chi connectivity index (χ0) is 11.5. The monoisotopic (exact) mass is 234 g/mol. The number of hydrogen-bond acceptors (Lipinski definition) is 4. The van der Waals surface area contributed by atoms with Gasteiger partial charge in [0, 0.05) is 29.6 Å². The maximum Gasteiger partial charge on any atom is 0.490 e. The number of nitrogens with zero attached hydrogens (tertiary/aromatic N) is 2. The number of aromatic nitrogens is 2. The molecule has 0 aromatic carbocycles. The van der Waals surface area contributed by atoms with Crippen molar-refractivity contribution in [2.45, 2.75) is 0 Å². The SMILES string of the molecule is OB(O)c1cnc(Cl)c(-c2ccncc2)c1. The molecule has 2 N–H and O–H groups in total. The molecular weight excluding hydrogens is 226 g/mol. The van der Waals surface area contributed by atoms with E-state index in [1.807, 2.05) is 0 Å². The van der Waals surface area contributed by atoms with Crippen molar-refractivity contribution < 1.29 is 10.0 Å². The van der Waals surface area contributed by atoms with E-state index in [0.717, 1.165) is 5.56 Å². The zero-order valence-corrected chi connectivity index (χ0v) is 8.96. The minimum Gasteiger partial charge on any atom is -0.423 e. The summed E-state index contributed by atoms with van der Waals surface area (Å²) in [4.78, 5) is 7.80. The second kappa shape index (κ2) is 4.61. The first-order valence-corrected chi connectivity index (χ1v) is 4.98. The summed E-state index contributed by atoms with van der Waals surface area (Å²) in [5, 5.41) is 18.4. The standard InChI is InChI=1S/C10H8BClN2O2/c12-10-9(7-1-3-13-4-2-7)5-8(6-14-10)11(15)16/h1-6,15-16H. The normalized spacial score (nSPS) is 10.2. The highest BCUT2D eigenvalue weighted by Gasteiger charge is 2.14. The molecule has 0 aliphatic heterocycles. The molecule has 4 nitrogen and oxygen atoms in total. The third-order valence-electron chi connectivity index (χ3n) is 2.15. The van der Waals surface area contributed by atoms with Crippen LogP contribution in [0.1, 0.15) is 0 Å². The van der Waals surface area contributed by atoms with Gasteiger partial charge in [-0.05, 0) is 23.8 Å². The molecule has 0 aliphatic rings. The fraction of sp³-hybridized carbons (Fsp3) is 0. The molecule has 2 rings (SSSR count). The molecule has 0 saturated carbocycles. The van der Waals surface area contributed by atoms with Gasteiger partial charge in [0.1, 0.15) is 5.15 Å². The number of pyridine rings is 2. The van der Waals surface area contributed by atoms with Crippen molar-refractivity contribution >= 4 is 24.2 Å². The number of halogens is 1. The highest BCUT2D eigenvalue weighted by molar-refractivity contribution is 6.58. The average Bonchev–Trinajstić information content (AvgIpc) is 2.30. The Hall–Kier alpha value is -1.43. The lowest BCUT2D eigenvalue weighted by Crippen LogP contribution is -2.30. The van der Waals surface area contributed by atoms with E-state index in [2.05, 4.69) is 9.97 Å². The highest BCUT2D eigenvalue weighted by Crippen LogP contribution is 2.24. The number of rotatable bonds is 2. The van der Waals surface area contributed by atoms with Crippen molar-refractivity contribution in [2.24, 2.45) is 0 Å². The molecule has 2 heterocycles. The summed E-state index contributed by atoms with van der Waals surface area (Å²) in [6, 6.07) is 5.14. The van der Waals surface area contributed by atoms with Crippen molar-refractivity contribution in [1.82, 2.24) is 9.97 Å². The van der Waals surface area contributed by atoms with Crippen molar-refractivity contribution in [1.29, 1.82) is 0 Å². The van der Waals surface area contributed by atoms with E-state index < -0.39 is 7.12 Å². The lowest BCUT2D eigenvalue weighted by molar-refractivity contribution is 0.425. The van der Waals surface area contributed by atoms with Crippen LogP contribution in [0.15, 0.2) is 36.8 Å². The predicted octanol–water partition coefficient (Wildman–Crippen LogP) is 0.477. The highest BCUT2D eigenvalue weighted by atomic mass is 35.5. The topological polar surface area (TPSA) is 66.2 Å². The molecule has 6 heteroatoms. The summed E-state index contributed by atoms with van der Waals surface area (Å²) in [5.74, 6) is 0. The van der Waals surface area contributed by atoms with Crippen LogP contribution >= 0.6 is 11.6 Å². The van der Waals surface area contributed by atoms with Crippen LogP contribution in [0.2, 0.25) is 5.15 Å². The van der Waals surface area contributed by atoms with E-state index in [4.69, 9.17) is 21.6 Å². The Labute approximate surface area is 97.7 Å². The van der Waals surface area contributed by atoms with E-state index in [1.165, 1.54) is 6.20 Å². The minimum atomic E-state index is -1.55. The van der Waals surface area contributed by atoms with Gasteiger partial charge in [-0.3, -0.25) is 4.98 Å². The molecule has 0 fully saturated rings. The number of hydrogen-bond donors (Lipinski definition) is 2. The van der Waals surface area contributed by atoms with Gasteiger partial charge in [0.2, 0.25) is 0 Å². The molecule has 80 valence electrons. The summed E-state index contributed by atoms with van der Waals surface area (Å²) >= 11 is 5.94. The first kappa shape index (κ1) is 11.1. The van der Waals surface area contributed by atoms with E-state index in [9.17, 15) is 0 Å². The maximum absolute atomic E-state index is 9.05. The van der Waals surface area contributed by atoms with Crippen LogP contribution in [-0.2, 0) is 0 Å². The lowest BCUT2D eigenvalue weighted by Gasteiger charge is -2.06. The molecule has 0 bridgehead atoms. The van der Waals surface area contributed by atoms with Gasteiger partial charge in [0.25, 0.3) is 0 Å².